The van der Waals surface area contributed by atoms with Gasteiger partial charge in [-0.25, -0.2) is 9.97 Å². The Kier molecular flexibility index (Phi) is 4.91. The third-order valence-electron chi connectivity index (χ3n) is 3.95. The van der Waals surface area contributed by atoms with Gasteiger partial charge in [-0.05, 0) is 38.1 Å². The number of anilines is 1. The lowest BCUT2D eigenvalue weighted by molar-refractivity contribution is -0.115. The average molecular weight is 399 g/mol. The fraction of sp³-hybridized carbons (Fsp3) is 0.211. The minimum absolute atomic E-state index is 0.0830. The number of thiazole rings is 2. The largest absolute Gasteiger partial charge is 0.494 e. The summed E-state index contributed by atoms with van der Waals surface area (Å²) in [4.78, 5) is 22.1. The molecule has 0 fully saturated rings. The quantitative estimate of drug-likeness (QED) is 0.522. The molecule has 1 aromatic carbocycles. The summed E-state index contributed by atoms with van der Waals surface area (Å²) in [6.07, 6.45) is 2.25. The first-order chi connectivity index (χ1) is 13.1. The van der Waals surface area contributed by atoms with Crippen LogP contribution in [0.25, 0.3) is 16.2 Å². The minimum atomic E-state index is -0.0830. The Balaban J connectivity index is 1.52. The van der Waals surface area contributed by atoms with Crippen LogP contribution in [0, 0.1) is 6.92 Å². The molecular weight excluding hydrogens is 380 g/mol. The minimum Gasteiger partial charge on any atom is -0.494 e. The molecule has 4 rings (SSSR count). The number of fused-ring (bicyclic) bond motifs is 1. The molecule has 0 aliphatic rings. The van der Waals surface area contributed by atoms with Gasteiger partial charge in [-0.15, -0.1) is 22.7 Å². The number of rotatable bonds is 6. The van der Waals surface area contributed by atoms with Crippen molar-refractivity contribution in [3.05, 3.63) is 52.6 Å². The van der Waals surface area contributed by atoms with Crippen LogP contribution in [0.2, 0.25) is 0 Å². The van der Waals surface area contributed by atoms with Crippen LogP contribution in [0.1, 0.15) is 18.3 Å². The van der Waals surface area contributed by atoms with E-state index in [-0.39, 0.29) is 12.3 Å². The van der Waals surface area contributed by atoms with Gasteiger partial charge in [-0.3, -0.25) is 9.20 Å². The van der Waals surface area contributed by atoms with Gasteiger partial charge in [0.1, 0.15) is 5.75 Å². The zero-order valence-electron chi connectivity index (χ0n) is 14.9. The van der Waals surface area contributed by atoms with Crippen molar-refractivity contribution in [2.45, 2.75) is 20.3 Å². The van der Waals surface area contributed by atoms with Crippen molar-refractivity contribution < 1.29 is 9.53 Å². The molecule has 8 heteroatoms. The average Bonchev–Trinajstić information content (AvgIpc) is 3.34. The Labute approximate surface area is 164 Å². The summed E-state index contributed by atoms with van der Waals surface area (Å²) in [5.74, 6) is 0.762. The molecule has 0 aliphatic heterocycles. The second kappa shape index (κ2) is 7.50. The molecule has 0 aliphatic carbocycles. The summed E-state index contributed by atoms with van der Waals surface area (Å²) in [5.41, 5.74) is 3.71. The maximum Gasteiger partial charge on any atom is 0.232 e. The fourth-order valence-corrected chi connectivity index (χ4v) is 4.30. The third-order valence-corrected chi connectivity index (χ3v) is 5.72. The molecule has 138 valence electrons. The zero-order chi connectivity index (χ0) is 18.8. The molecule has 0 atom stereocenters. The number of ether oxygens (including phenoxy) is 1. The van der Waals surface area contributed by atoms with Crippen molar-refractivity contribution in [3.63, 3.8) is 0 Å². The molecule has 0 saturated carbocycles. The highest BCUT2D eigenvalue weighted by molar-refractivity contribution is 7.15. The van der Waals surface area contributed by atoms with Crippen molar-refractivity contribution in [1.29, 1.82) is 0 Å². The Morgan fingerprint density at radius 1 is 1.19 bits per heavy atom. The lowest BCUT2D eigenvalue weighted by Gasteiger charge is -2.03. The first kappa shape index (κ1) is 17.7. The van der Waals surface area contributed by atoms with Crippen molar-refractivity contribution in [2.24, 2.45) is 0 Å². The zero-order valence-corrected chi connectivity index (χ0v) is 16.6. The number of nitrogens with one attached hydrogen (secondary N) is 1. The van der Waals surface area contributed by atoms with E-state index >= 15 is 0 Å². The lowest BCUT2D eigenvalue weighted by Crippen LogP contribution is -2.15. The van der Waals surface area contributed by atoms with E-state index in [0.717, 1.165) is 33.4 Å². The normalized spacial score (nSPS) is 11.0. The van der Waals surface area contributed by atoms with Gasteiger partial charge < -0.3 is 10.1 Å². The van der Waals surface area contributed by atoms with Crippen LogP contribution in [0.15, 0.2) is 41.2 Å². The number of aromatic nitrogens is 3. The van der Waals surface area contributed by atoms with Gasteiger partial charge in [-0.2, -0.15) is 0 Å². The summed E-state index contributed by atoms with van der Waals surface area (Å²) in [5, 5.41) is 7.36. The highest BCUT2D eigenvalue weighted by Gasteiger charge is 2.13. The fourth-order valence-electron chi connectivity index (χ4n) is 2.72. The van der Waals surface area contributed by atoms with Crippen LogP contribution in [0.3, 0.4) is 0 Å². The van der Waals surface area contributed by atoms with E-state index in [1.807, 2.05) is 59.5 Å². The Hall–Kier alpha value is -2.71. The van der Waals surface area contributed by atoms with Gasteiger partial charge in [0.25, 0.3) is 0 Å². The van der Waals surface area contributed by atoms with Crippen LogP contribution in [0.5, 0.6) is 5.75 Å². The van der Waals surface area contributed by atoms with Crippen molar-refractivity contribution in [1.82, 2.24) is 14.4 Å². The number of nitrogens with zero attached hydrogens (tertiary/aromatic N) is 3. The number of hydrogen-bond acceptors (Lipinski definition) is 6. The number of aryl methyl sites for hydroxylation is 1. The summed E-state index contributed by atoms with van der Waals surface area (Å²) in [7, 11) is 0. The van der Waals surface area contributed by atoms with E-state index in [9.17, 15) is 4.79 Å². The molecule has 0 radical (unpaired) electrons. The summed E-state index contributed by atoms with van der Waals surface area (Å²) < 4.78 is 7.46. The standard InChI is InChI=1S/C19H18N4O2S2/c1-3-25-15-6-4-13(5-7-15)16-9-23-14(11-27-19(23)21-16)8-17(24)22-18-20-12(2)10-26-18/h4-7,9-11H,3,8H2,1-2H3,(H,20,22,24). The first-order valence-electron chi connectivity index (χ1n) is 8.53. The molecule has 1 amide bonds. The van der Waals surface area contributed by atoms with E-state index in [1.54, 1.807) is 0 Å². The number of benzene rings is 1. The van der Waals surface area contributed by atoms with Crippen molar-refractivity contribution >= 4 is 38.7 Å². The lowest BCUT2D eigenvalue weighted by atomic mass is 10.1. The monoisotopic (exact) mass is 398 g/mol. The van der Waals surface area contributed by atoms with Gasteiger partial charge in [0.05, 0.1) is 24.4 Å². The van der Waals surface area contributed by atoms with Crippen LogP contribution in [0.4, 0.5) is 5.13 Å². The summed E-state index contributed by atoms with van der Waals surface area (Å²) in [6, 6.07) is 7.87. The van der Waals surface area contributed by atoms with Crippen LogP contribution >= 0.6 is 22.7 Å². The number of amides is 1. The first-order valence-corrected chi connectivity index (χ1v) is 10.3. The molecule has 3 heterocycles. The number of imidazole rings is 1. The van der Waals surface area contributed by atoms with E-state index < -0.39 is 0 Å². The Morgan fingerprint density at radius 3 is 2.70 bits per heavy atom. The SMILES string of the molecule is CCOc1ccc(-c2cn3c(CC(=O)Nc4nc(C)cs4)csc3n2)cc1. The maximum absolute atomic E-state index is 12.3. The van der Waals surface area contributed by atoms with Gasteiger partial charge in [0.2, 0.25) is 5.91 Å². The second-order valence-electron chi connectivity index (χ2n) is 5.98. The third kappa shape index (κ3) is 3.86. The topological polar surface area (TPSA) is 68.5 Å². The molecule has 0 spiro atoms. The van der Waals surface area contributed by atoms with E-state index in [2.05, 4.69) is 15.3 Å². The second-order valence-corrected chi connectivity index (χ2v) is 7.68. The number of carbonyl (C=O) groups is 1. The van der Waals surface area contributed by atoms with Crippen LogP contribution < -0.4 is 10.1 Å². The number of carbonyl (C=O) groups excluding carboxylic acids is 1. The van der Waals surface area contributed by atoms with Crippen LogP contribution in [-0.2, 0) is 11.2 Å². The molecular formula is C19H18N4O2S2. The predicted molar refractivity (Wildman–Crippen MR) is 109 cm³/mol. The van der Waals surface area contributed by atoms with Crippen LogP contribution in [-0.4, -0.2) is 26.9 Å². The highest BCUT2D eigenvalue weighted by Crippen LogP contribution is 2.26. The molecule has 27 heavy (non-hydrogen) atoms. The molecule has 0 unspecified atom stereocenters. The highest BCUT2D eigenvalue weighted by atomic mass is 32.1. The van der Waals surface area contributed by atoms with E-state index in [1.165, 1.54) is 22.7 Å². The molecule has 3 aromatic heterocycles. The molecule has 6 nitrogen and oxygen atoms in total. The Morgan fingerprint density at radius 2 is 2.00 bits per heavy atom. The Bertz CT molecular complexity index is 1080. The van der Waals surface area contributed by atoms with Crippen molar-refractivity contribution in [3.8, 4) is 17.0 Å². The molecule has 0 saturated heterocycles. The number of hydrogen-bond donors (Lipinski definition) is 1. The van der Waals surface area contributed by atoms with Crippen molar-refractivity contribution in [2.75, 3.05) is 11.9 Å². The molecule has 1 N–H and O–H groups in total. The summed E-state index contributed by atoms with van der Waals surface area (Å²) in [6.45, 7) is 4.51. The van der Waals surface area contributed by atoms with E-state index in [0.29, 0.717) is 11.7 Å². The van der Waals surface area contributed by atoms with E-state index in [4.69, 9.17) is 4.74 Å². The maximum atomic E-state index is 12.3. The predicted octanol–water partition coefficient (Wildman–Crippen LogP) is 4.41. The van der Waals surface area contributed by atoms with Gasteiger partial charge in [0, 0.05) is 28.2 Å². The van der Waals surface area contributed by atoms with Gasteiger partial charge in [0.15, 0.2) is 10.1 Å². The van der Waals surface area contributed by atoms with Gasteiger partial charge in [-0.1, -0.05) is 0 Å². The smallest absolute Gasteiger partial charge is 0.232 e. The molecule has 0 bridgehead atoms. The van der Waals surface area contributed by atoms with Gasteiger partial charge >= 0.3 is 0 Å². The summed E-state index contributed by atoms with van der Waals surface area (Å²) >= 11 is 2.96. The molecule has 4 aromatic rings.